The van der Waals surface area contributed by atoms with Crippen molar-refractivity contribution in [2.24, 2.45) is 5.92 Å². The van der Waals surface area contributed by atoms with Crippen LogP contribution in [0.15, 0.2) is 47.9 Å². The lowest BCUT2D eigenvalue weighted by Crippen LogP contribution is -2.14. The molecule has 0 fully saturated rings. The fourth-order valence-electron chi connectivity index (χ4n) is 2.62. The van der Waals surface area contributed by atoms with Crippen molar-refractivity contribution in [2.75, 3.05) is 5.32 Å². The van der Waals surface area contributed by atoms with Gasteiger partial charge in [0.2, 0.25) is 5.91 Å². The van der Waals surface area contributed by atoms with E-state index in [1.165, 1.54) is 11.3 Å². The summed E-state index contributed by atoms with van der Waals surface area (Å²) in [5.74, 6) is 0.567. The summed E-state index contributed by atoms with van der Waals surface area (Å²) in [7, 11) is 0. The minimum atomic E-state index is -0.184. The summed E-state index contributed by atoms with van der Waals surface area (Å²) >= 11 is 1.41. The Morgan fingerprint density at radius 2 is 2.25 bits per heavy atom. The zero-order valence-electron chi connectivity index (χ0n) is 13.5. The van der Waals surface area contributed by atoms with Gasteiger partial charge in [0.05, 0.1) is 12.1 Å². The average Bonchev–Trinajstić information content (AvgIpc) is 3.05. The van der Waals surface area contributed by atoms with E-state index in [0.717, 1.165) is 24.1 Å². The number of thiazole rings is 1. The molecule has 0 radical (unpaired) electrons. The van der Waals surface area contributed by atoms with Crippen LogP contribution in [0, 0.1) is 5.92 Å². The number of phenols is 1. The largest absolute Gasteiger partial charge is 0.508 e. The van der Waals surface area contributed by atoms with Crippen LogP contribution in [0.1, 0.15) is 31.0 Å². The topological polar surface area (TPSA) is 62.2 Å². The van der Waals surface area contributed by atoms with Crippen molar-refractivity contribution in [3.63, 3.8) is 0 Å². The van der Waals surface area contributed by atoms with Gasteiger partial charge >= 0.3 is 0 Å². The summed E-state index contributed by atoms with van der Waals surface area (Å²) in [6, 6.07) is 6.85. The van der Waals surface area contributed by atoms with Gasteiger partial charge in [-0.1, -0.05) is 43.4 Å². The van der Waals surface area contributed by atoms with Crippen LogP contribution in [-0.2, 0) is 11.2 Å². The molecular formula is C19H20N2O2S. The van der Waals surface area contributed by atoms with Gasteiger partial charge < -0.3 is 10.4 Å². The van der Waals surface area contributed by atoms with Crippen LogP contribution in [0.3, 0.4) is 0 Å². The molecule has 124 valence electrons. The van der Waals surface area contributed by atoms with Crippen LogP contribution < -0.4 is 5.32 Å². The second-order valence-electron chi connectivity index (χ2n) is 5.81. The van der Waals surface area contributed by atoms with E-state index in [1.54, 1.807) is 24.3 Å². The van der Waals surface area contributed by atoms with Crippen LogP contribution in [-0.4, -0.2) is 16.0 Å². The number of benzene rings is 1. The van der Waals surface area contributed by atoms with E-state index in [2.05, 4.69) is 35.5 Å². The summed E-state index contributed by atoms with van der Waals surface area (Å²) < 4.78 is 0. The molecule has 1 unspecified atom stereocenters. The first-order valence-electron chi connectivity index (χ1n) is 8.06. The van der Waals surface area contributed by atoms with E-state index in [-0.39, 0.29) is 18.1 Å². The molecule has 2 aromatic rings. The molecule has 1 aromatic heterocycles. The van der Waals surface area contributed by atoms with Crippen LogP contribution in [0.5, 0.6) is 5.75 Å². The van der Waals surface area contributed by atoms with Gasteiger partial charge in [-0.15, -0.1) is 11.3 Å². The number of carbonyl (C=O) groups is 1. The lowest BCUT2D eigenvalue weighted by Gasteiger charge is -2.12. The molecule has 1 aromatic carbocycles. The zero-order chi connectivity index (χ0) is 16.9. The number of nitrogens with one attached hydrogen (secondary N) is 1. The number of amides is 1. The van der Waals surface area contributed by atoms with Crippen LogP contribution in [0.25, 0.3) is 5.57 Å². The maximum atomic E-state index is 12.1. The zero-order valence-corrected chi connectivity index (χ0v) is 14.3. The predicted octanol–water partition coefficient (Wildman–Crippen LogP) is 4.40. The summed E-state index contributed by atoms with van der Waals surface area (Å²) in [4.78, 5) is 16.6. The van der Waals surface area contributed by atoms with Crippen LogP contribution in [0.2, 0.25) is 0 Å². The van der Waals surface area contributed by atoms with Gasteiger partial charge in [-0.2, -0.15) is 0 Å². The number of hydrogen-bond donors (Lipinski definition) is 2. The standard InChI is InChI=1S/C19H20N2O2S/c1-2-13-7-9-14(10-8-13)16-12-24-19(20-16)21-18(23)11-15-5-3-4-6-17(15)22/h3-7,9-10,12-13,22H,2,8,11H2,1H3,(H,20,21,23). The highest BCUT2D eigenvalue weighted by atomic mass is 32.1. The van der Waals surface area contributed by atoms with Gasteiger partial charge in [0, 0.05) is 10.9 Å². The molecule has 0 aliphatic heterocycles. The van der Waals surface area contributed by atoms with E-state index in [4.69, 9.17) is 0 Å². The Balaban J connectivity index is 1.62. The van der Waals surface area contributed by atoms with E-state index in [0.29, 0.717) is 16.6 Å². The van der Waals surface area contributed by atoms with Gasteiger partial charge in [-0.05, 0) is 30.4 Å². The van der Waals surface area contributed by atoms with Crippen molar-refractivity contribution in [1.82, 2.24) is 4.98 Å². The number of hydrogen-bond acceptors (Lipinski definition) is 4. The molecule has 1 aliphatic rings. The smallest absolute Gasteiger partial charge is 0.230 e. The Bertz CT molecular complexity index is 792. The first kappa shape index (κ1) is 16.5. The van der Waals surface area contributed by atoms with E-state index in [1.807, 2.05) is 5.38 Å². The van der Waals surface area contributed by atoms with E-state index < -0.39 is 0 Å². The first-order valence-corrected chi connectivity index (χ1v) is 8.94. The Morgan fingerprint density at radius 1 is 1.42 bits per heavy atom. The SMILES string of the molecule is CCC1C=CC(c2csc(NC(=O)Cc3ccccc3O)n2)=CC1. The monoisotopic (exact) mass is 340 g/mol. The molecule has 0 bridgehead atoms. The Morgan fingerprint density at radius 3 is 2.96 bits per heavy atom. The third-order valence-corrected chi connectivity index (χ3v) is 4.86. The number of phenolic OH excluding ortho intramolecular Hbond substituents is 1. The second kappa shape index (κ2) is 7.45. The van der Waals surface area contributed by atoms with Gasteiger partial charge in [0.25, 0.3) is 0 Å². The molecule has 0 saturated carbocycles. The number of nitrogens with zero attached hydrogens (tertiary/aromatic N) is 1. The highest BCUT2D eigenvalue weighted by molar-refractivity contribution is 7.14. The Kier molecular flexibility index (Phi) is 5.11. The van der Waals surface area contributed by atoms with Gasteiger partial charge in [0.1, 0.15) is 5.75 Å². The number of rotatable bonds is 5. The van der Waals surface area contributed by atoms with Crippen molar-refractivity contribution < 1.29 is 9.90 Å². The lowest BCUT2D eigenvalue weighted by atomic mass is 9.94. The molecule has 24 heavy (non-hydrogen) atoms. The minimum Gasteiger partial charge on any atom is -0.508 e. The third kappa shape index (κ3) is 3.92. The van der Waals surface area contributed by atoms with Gasteiger partial charge in [-0.3, -0.25) is 4.79 Å². The molecule has 4 nitrogen and oxygen atoms in total. The third-order valence-electron chi connectivity index (χ3n) is 4.10. The van der Waals surface area contributed by atoms with E-state index in [9.17, 15) is 9.90 Å². The molecule has 1 atom stereocenters. The summed E-state index contributed by atoms with van der Waals surface area (Å²) in [5.41, 5.74) is 2.61. The highest BCUT2D eigenvalue weighted by Gasteiger charge is 2.13. The molecule has 0 saturated heterocycles. The summed E-state index contributed by atoms with van der Waals surface area (Å²) in [6.45, 7) is 2.19. The maximum absolute atomic E-state index is 12.1. The minimum absolute atomic E-state index is 0.127. The first-order chi connectivity index (χ1) is 11.7. The summed E-state index contributed by atoms with van der Waals surface area (Å²) in [5, 5.41) is 15.1. The lowest BCUT2D eigenvalue weighted by molar-refractivity contribution is -0.115. The van der Waals surface area contributed by atoms with Crippen molar-refractivity contribution in [2.45, 2.75) is 26.2 Å². The van der Waals surface area contributed by atoms with Crippen molar-refractivity contribution >= 4 is 27.9 Å². The normalized spacial score (nSPS) is 16.7. The number of carbonyl (C=O) groups excluding carboxylic acids is 1. The van der Waals surface area contributed by atoms with Crippen LogP contribution in [0.4, 0.5) is 5.13 Å². The average molecular weight is 340 g/mol. The molecule has 1 heterocycles. The predicted molar refractivity (Wildman–Crippen MR) is 98.1 cm³/mol. The number of para-hydroxylation sites is 1. The van der Waals surface area contributed by atoms with Crippen LogP contribution >= 0.6 is 11.3 Å². The Labute approximate surface area is 145 Å². The number of allylic oxidation sites excluding steroid dienone is 4. The number of aromatic nitrogens is 1. The molecule has 0 spiro atoms. The van der Waals surface area contributed by atoms with Crippen molar-refractivity contribution in [1.29, 1.82) is 0 Å². The molecular weight excluding hydrogens is 320 g/mol. The van der Waals surface area contributed by atoms with Gasteiger partial charge in [0.15, 0.2) is 5.13 Å². The summed E-state index contributed by atoms with van der Waals surface area (Å²) in [6.07, 6.45) is 8.85. The quantitative estimate of drug-likeness (QED) is 0.848. The fraction of sp³-hybridized carbons (Fsp3) is 0.263. The van der Waals surface area contributed by atoms with Crippen molar-refractivity contribution in [3.8, 4) is 5.75 Å². The Hall–Kier alpha value is -2.40. The van der Waals surface area contributed by atoms with Crippen molar-refractivity contribution in [3.05, 3.63) is 59.1 Å². The molecule has 3 rings (SSSR count). The highest BCUT2D eigenvalue weighted by Crippen LogP contribution is 2.28. The number of anilines is 1. The van der Waals surface area contributed by atoms with E-state index >= 15 is 0 Å². The number of aromatic hydroxyl groups is 1. The molecule has 5 heteroatoms. The molecule has 1 amide bonds. The fourth-order valence-corrected chi connectivity index (χ4v) is 3.35. The van der Waals surface area contributed by atoms with Gasteiger partial charge in [-0.25, -0.2) is 4.98 Å². The molecule has 2 N–H and O–H groups in total. The maximum Gasteiger partial charge on any atom is 0.230 e. The second-order valence-corrected chi connectivity index (χ2v) is 6.67. The molecule has 1 aliphatic carbocycles.